The SMILES string of the molecule is CC1CCCCN1C(=O)c1cnc(N)cn1. The molecule has 1 amide bonds. The molecule has 1 fully saturated rings. The van der Waals surface area contributed by atoms with Crippen molar-refractivity contribution >= 4 is 11.7 Å². The zero-order valence-corrected chi connectivity index (χ0v) is 9.39. The van der Waals surface area contributed by atoms with Gasteiger partial charge in [0.25, 0.3) is 5.91 Å². The van der Waals surface area contributed by atoms with Crippen molar-refractivity contribution in [2.45, 2.75) is 32.2 Å². The third-order valence-corrected chi connectivity index (χ3v) is 2.95. The lowest BCUT2D eigenvalue weighted by atomic mass is 10.0. The molecule has 0 aliphatic carbocycles. The molecule has 1 aliphatic heterocycles. The topological polar surface area (TPSA) is 72.1 Å². The summed E-state index contributed by atoms with van der Waals surface area (Å²) >= 11 is 0. The van der Waals surface area contributed by atoms with E-state index in [0.717, 1.165) is 19.4 Å². The molecule has 1 aromatic rings. The van der Waals surface area contributed by atoms with Crippen LogP contribution in [0.5, 0.6) is 0 Å². The quantitative estimate of drug-likeness (QED) is 0.768. The number of nitrogens with zero attached hydrogens (tertiary/aromatic N) is 3. The fourth-order valence-corrected chi connectivity index (χ4v) is 2.00. The van der Waals surface area contributed by atoms with E-state index in [4.69, 9.17) is 5.73 Å². The van der Waals surface area contributed by atoms with Crippen molar-refractivity contribution in [3.8, 4) is 0 Å². The number of hydrogen-bond donors (Lipinski definition) is 1. The van der Waals surface area contributed by atoms with E-state index in [1.165, 1.54) is 18.8 Å². The van der Waals surface area contributed by atoms with Crippen molar-refractivity contribution in [1.29, 1.82) is 0 Å². The first-order valence-corrected chi connectivity index (χ1v) is 5.57. The Balaban J connectivity index is 2.14. The van der Waals surface area contributed by atoms with Gasteiger partial charge in [0.05, 0.1) is 12.4 Å². The van der Waals surface area contributed by atoms with Gasteiger partial charge in [-0.3, -0.25) is 4.79 Å². The molecule has 5 nitrogen and oxygen atoms in total. The average Bonchev–Trinajstić information content (AvgIpc) is 2.30. The molecule has 16 heavy (non-hydrogen) atoms. The van der Waals surface area contributed by atoms with Crippen molar-refractivity contribution in [2.24, 2.45) is 0 Å². The molecule has 0 saturated carbocycles. The van der Waals surface area contributed by atoms with Gasteiger partial charge in [-0.25, -0.2) is 9.97 Å². The van der Waals surface area contributed by atoms with Crippen LogP contribution in [0.1, 0.15) is 36.7 Å². The number of carbonyl (C=O) groups excluding carboxylic acids is 1. The number of piperidine rings is 1. The highest BCUT2D eigenvalue weighted by atomic mass is 16.2. The standard InChI is InChI=1S/C11H16N4O/c1-8-4-2-3-5-15(8)11(16)9-6-14-10(12)7-13-9/h6-8H,2-5H2,1H3,(H2,12,14). The summed E-state index contributed by atoms with van der Waals surface area (Å²) in [6.45, 7) is 2.88. The maximum atomic E-state index is 12.1. The summed E-state index contributed by atoms with van der Waals surface area (Å²) in [4.78, 5) is 21.9. The molecule has 1 atom stereocenters. The van der Waals surface area contributed by atoms with E-state index in [2.05, 4.69) is 16.9 Å². The van der Waals surface area contributed by atoms with Crippen molar-refractivity contribution in [3.63, 3.8) is 0 Å². The third kappa shape index (κ3) is 2.13. The van der Waals surface area contributed by atoms with Gasteiger partial charge in [-0.15, -0.1) is 0 Å². The maximum Gasteiger partial charge on any atom is 0.274 e. The predicted octanol–water partition coefficient (Wildman–Crippen LogP) is 1.07. The summed E-state index contributed by atoms with van der Waals surface area (Å²) < 4.78 is 0. The van der Waals surface area contributed by atoms with Crippen molar-refractivity contribution in [2.75, 3.05) is 12.3 Å². The number of nitrogen functional groups attached to an aromatic ring is 1. The molecule has 1 saturated heterocycles. The number of rotatable bonds is 1. The van der Waals surface area contributed by atoms with Gasteiger partial charge in [-0.1, -0.05) is 0 Å². The Hall–Kier alpha value is -1.65. The van der Waals surface area contributed by atoms with E-state index in [-0.39, 0.29) is 5.91 Å². The van der Waals surface area contributed by atoms with Gasteiger partial charge in [0.1, 0.15) is 11.5 Å². The second-order valence-electron chi connectivity index (χ2n) is 4.17. The monoisotopic (exact) mass is 220 g/mol. The highest BCUT2D eigenvalue weighted by molar-refractivity contribution is 5.92. The van der Waals surface area contributed by atoms with Crippen LogP contribution in [0.3, 0.4) is 0 Å². The van der Waals surface area contributed by atoms with Crippen LogP contribution >= 0.6 is 0 Å². The van der Waals surface area contributed by atoms with Crippen LogP contribution in [0.2, 0.25) is 0 Å². The Morgan fingerprint density at radius 3 is 2.88 bits per heavy atom. The fourth-order valence-electron chi connectivity index (χ4n) is 2.00. The second kappa shape index (κ2) is 4.47. The van der Waals surface area contributed by atoms with Crippen LogP contribution in [-0.4, -0.2) is 33.4 Å². The minimum atomic E-state index is -0.0419. The van der Waals surface area contributed by atoms with Crippen molar-refractivity contribution in [1.82, 2.24) is 14.9 Å². The number of nitrogens with two attached hydrogens (primary N) is 1. The van der Waals surface area contributed by atoms with Gasteiger partial charge >= 0.3 is 0 Å². The minimum Gasteiger partial charge on any atom is -0.382 e. The Bertz CT molecular complexity index is 376. The molecule has 5 heteroatoms. The van der Waals surface area contributed by atoms with E-state index in [1.807, 2.05) is 4.90 Å². The van der Waals surface area contributed by atoms with Gasteiger partial charge in [-0.2, -0.15) is 0 Å². The number of likely N-dealkylation sites (tertiary alicyclic amines) is 1. The minimum absolute atomic E-state index is 0.0419. The fraction of sp³-hybridized carbons (Fsp3) is 0.545. The van der Waals surface area contributed by atoms with Crippen LogP contribution < -0.4 is 5.73 Å². The molecule has 2 N–H and O–H groups in total. The first-order valence-electron chi connectivity index (χ1n) is 5.57. The van der Waals surface area contributed by atoms with Gasteiger partial charge in [-0.05, 0) is 26.2 Å². The summed E-state index contributed by atoms with van der Waals surface area (Å²) in [5.41, 5.74) is 5.81. The van der Waals surface area contributed by atoms with Crippen LogP contribution in [0, 0.1) is 0 Å². The molecule has 1 unspecified atom stereocenters. The lowest BCUT2D eigenvalue weighted by Gasteiger charge is -2.33. The lowest BCUT2D eigenvalue weighted by Crippen LogP contribution is -2.42. The highest BCUT2D eigenvalue weighted by Crippen LogP contribution is 2.18. The predicted molar refractivity (Wildman–Crippen MR) is 60.8 cm³/mol. The highest BCUT2D eigenvalue weighted by Gasteiger charge is 2.24. The number of anilines is 1. The summed E-state index contributed by atoms with van der Waals surface area (Å²) in [6.07, 6.45) is 6.19. The van der Waals surface area contributed by atoms with Crippen LogP contribution in [0.25, 0.3) is 0 Å². The lowest BCUT2D eigenvalue weighted by molar-refractivity contribution is 0.0629. The number of amides is 1. The Kier molecular flexibility index (Phi) is 3.03. The number of hydrogen-bond acceptors (Lipinski definition) is 4. The molecule has 2 rings (SSSR count). The molecule has 1 aliphatic rings. The molecule has 0 radical (unpaired) electrons. The first kappa shape index (κ1) is 10.9. The maximum absolute atomic E-state index is 12.1. The van der Waals surface area contributed by atoms with E-state index < -0.39 is 0 Å². The zero-order valence-electron chi connectivity index (χ0n) is 9.39. The number of carbonyl (C=O) groups is 1. The Morgan fingerprint density at radius 1 is 1.44 bits per heavy atom. The van der Waals surface area contributed by atoms with Crippen molar-refractivity contribution in [3.05, 3.63) is 18.1 Å². The van der Waals surface area contributed by atoms with E-state index in [9.17, 15) is 4.79 Å². The Labute approximate surface area is 94.7 Å². The molecule has 1 aromatic heterocycles. The second-order valence-corrected chi connectivity index (χ2v) is 4.17. The van der Waals surface area contributed by atoms with Crippen LogP contribution in [0.4, 0.5) is 5.82 Å². The summed E-state index contributed by atoms with van der Waals surface area (Å²) in [5, 5.41) is 0. The third-order valence-electron chi connectivity index (χ3n) is 2.95. The molecule has 0 spiro atoms. The number of aromatic nitrogens is 2. The smallest absolute Gasteiger partial charge is 0.274 e. The Morgan fingerprint density at radius 2 is 2.25 bits per heavy atom. The van der Waals surface area contributed by atoms with Gasteiger partial charge in [0, 0.05) is 12.6 Å². The summed E-state index contributed by atoms with van der Waals surface area (Å²) in [7, 11) is 0. The average molecular weight is 220 g/mol. The largest absolute Gasteiger partial charge is 0.382 e. The van der Waals surface area contributed by atoms with Gasteiger partial charge in [0.2, 0.25) is 0 Å². The van der Waals surface area contributed by atoms with E-state index in [0.29, 0.717) is 17.6 Å². The first-order chi connectivity index (χ1) is 7.68. The van der Waals surface area contributed by atoms with Crippen molar-refractivity contribution < 1.29 is 4.79 Å². The molecule has 0 bridgehead atoms. The zero-order chi connectivity index (χ0) is 11.5. The normalized spacial score (nSPS) is 20.8. The summed E-state index contributed by atoms with van der Waals surface area (Å²) in [6, 6.07) is 0.292. The van der Waals surface area contributed by atoms with E-state index in [1.54, 1.807) is 0 Å². The molecule has 86 valence electrons. The molecular formula is C11H16N4O. The van der Waals surface area contributed by atoms with Gasteiger partial charge in [0.15, 0.2) is 0 Å². The van der Waals surface area contributed by atoms with Gasteiger partial charge < -0.3 is 10.6 Å². The summed E-state index contributed by atoms with van der Waals surface area (Å²) in [5.74, 6) is 0.294. The van der Waals surface area contributed by atoms with Crippen LogP contribution in [0.15, 0.2) is 12.4 Å². The van der Waals surface area contributed by atoms with E-state index >= 15 is 0 Å². The molecule has 0 aromatic carbocycles. The molecule has 2 heterocycles. The molecular weight excluding hydrogens is 204 g/mol. The van der Waals surface area contributed by atoms with Crippen LogP contribution in [-0.2, 0) is 0 Å².